The summed E-state index contributed by atoms with van der Waals surface area (Å²) in [4.78, 5) is 0. The first-order valence-electron chi connectivity index (χ1n) is 6.21. The third-order valence-electron chi connectivity index (χ3n) is 2.79. The summed E-state index contributed by atoms with van der Waals surface area (Å²) in [6, 6.07) is 8.55. The van der Waals surface area contributed by atoms with Gasteiger partial charge in [-0.05, 0) is 55.5 Å². The molecule has 1 aromatic rings. The highest BCUT2D eigenvalue weighted by Gasteiger charge is 1.99. The lowest BCUT2D eigenvalue weighted by atomic mass is 10.0. The fourth-order valence-electron chi connectivity index (χ4n) is 1.55. The summed E-state index contributed by atoms with van der Waals surface area (Å²) in [7, 11) is 0. The van der Waals surface area contributed by atoms with E-state index in [0.29, 0.717) is 0 Å². The van der Waals surface area contributed by atoms with Gasteiger partial charge in [-0.2, -0.15) is 0 Å². The van der Waals surface area contributed by atoms with E-state index in [-0.39, 0.29) is 0 Å². The summed E-state index contributed by atoms with van der Waals surface area (Å²) in [5.74, 6) is 0. The second-order valence-electron chi connectivity index (χ2n) is 4.22. The zero-order valence-electron chi connectivity index (χ0n) is 11.3. The van der Waals surface area contributed by atoms with Crippen LogP contribution in [0.1, 0.15) is 45.2 Å². The first kappa shape index (κ1) is 13.6. The van der Waals surface area contributed by atoms with E-state index >= 15 is 0 Å². The van der Waals surface area contributed by atoms with Crippen molar-refractivity contribution in [3.05, 3.63) is 47.7 Å². The number of rotatable bonds is 5. The minimum Gasteiger partial charge on any atom is -0.501 e. The molecule has 0 atom stereocenters. The average Bonchev–Trinajstić information content (AvgIpc) is 2.38. The van der Waals surface area contributed by atoms with Crippen LogP contribution in [-0.2, 0) is 4.74 Å². The van der Waals surface area contributed by atoms with Crippen LogP contribution in [-0.4, -0.2) is 6.61 Å². The summed E-state index contributed by atoms with van der Waals surface area (Å²) < 4.78 is 5.45. The number of allylic oxidation sites excluding steroid dienone is 3. The van der Waals surface area contributed by atoms with Crippen molar-refractivity contribution in [2.75, 3.05) is 6.61 Å². The van der Waals surface area contributed by atoms with Gasteiger partial charge in [-0.15, -0.1) is 0 Å². The second kappa shape index (κ2) is 6.95. The SMILES string of the molecule is C/C=C(\C)c1cccc(/C(C)=C/OCCC)c1. The molecular formula is C16H22O. The first-order valence-corrected chi connectivity index (χ1v) is 6.21. The normalized spacial score (nSPS) is 12.7. The van der Waals surface area contributed by atoms with Crippen LogP contribution in [0.3, 0.4) is 0 Å². The molecule has 0 aliphatic rings. The quantitative estimate of drug-likeness (QED) is 0.516. The molecule has 1 nitrogen and oxygen atoms in total. The molecule has 0 aliphatic heterocycles. The Morgan fingerprint density at radius 3 is 2.41 bits per heavy atom. The van der Waals surface area contributed by atoms with Crippen LogP contribution in [0.15, 0.2) is 36.6 Å². The summed E-state index contributed by atoms with van der Waals surface area (Å²) in [5.41, 5.74) is 4.96. The molecule has 0 fully saturated rings. The zero-order chi connectivity index (χ0) is 12.7. The standard InChI is InChI=1S/C16H22O/c1-5-10-17-12-14(4)16-9-7-8-15(11-16)13(3)6-2/h6-9,11-12H,5,10H2,1-4H3/b13-6+,14-12+. The van der Waals surface area contributed by atoms with Crippen LogP contribution < -0.4 is 0 Å². The van der Waals surface area contributed by atoms with Crippen molar-refractivity contribution in [2.24, 2.45) is 0 Å². The Bertz CT molecular complexity index is 413. The van der Waals surface area contributed by atoms with Crippen molar-refractivity contribution in [1.29, 1.82) is 0 Å². The maximum atomic E-state index is 5.45. The van der Waals surface area contributed by atoms with Gasteiger partial charge >= 0.3 is 0 Å². The Morgan fingerprint density at radius 1 is 1.18 bits per heavy atom. The third kappa shape index (κ3) is 4.10. The van der Waals surface area contributed by atoms with Crippen molar-refractivity contribution >= 4 is 11.1 Å². The van der Waals surface area contributed by atoms with Crippen molar-refractivity contribution in [1.82, 2.24) is 0 Å². The predicted octanol–water partition coefficient (Wildman–Crippen LogP) is 4.90. The lowest BCUT2D eigenvalue weighted by molar-refractivity contribution is 0.251. The second-order valence-corrected chi connectivity index (χ2v) is 4.22. The number of benzene rings is 1. The van der Waals surface area contributed by atoms with E-state index in [1.165, 1.54) is 22.3 Å². The Labute approximate surface area is 105 Å². The van der Waals surface area contributed by atoms with Crippen LogP contribution in [0.5, 0.6) is 0 Å². The predicted molar refractivity (Wildman–Crippen MR) is 75.7 cm³/mol. The minimum absolute atomic E-state index is 0.783. The molecule has 0 N–H and O–H groups in total. The van der Waals surface area contributed by atoms with Crippen molar-refractivity contribution in [2.45, 2.75) is 34.1 Å². The molecule has 17 heavy (non-hydrogen) atoms. The Balaban J connectivity index is 2.88. The van der Waals surface area contributed by atoms with Gasteiger partial charge in [0, 0.05) is 0 Å². The maximum absolute atomic E-state index is 5.45. The van der Waals surface area contributed by atoms with Crippen LogP contribution >= 0.6 is 0 Å². The maximum Gasteiger partial charge on any atom is 0.0870 e. The molecule has 0 heterocycles. The summed E-state index contributed by atoms with van der Waals surface area (Å²) >= 11 is 0. The largest absolute Gasteiger partial charge is 0.501 e. The molecule has 0 saturated carbocycles. The summed E-state index contributed by atoms with van der Waals surface area (Å²) in [6.45, 7) is 9.17. The van der Waals surface area contributed by atoms with Crippen molar-refractivity contribution in [3.63, 3.8) is 0 Å². The van der Waals surface area contributed by atoms with E-state index in [9.17, 15) is 0 Å². The van der Waals surface area contributed by atoms with E-state index < -0.39 is 0 Å². The highest BCUT2D eigenvalue weighted by molar-refractivity contribution is 5.70. The topological polar surface area (TPSA) is 9.23 Å². The third-order valence-corrected chi connectivity index (χ3v) is 2.79. The van der Waals surface area contributed by atoms with Gasteiger partial charge in [-0.25, -0.2) is 0 Å². The smallest absolute Gasteiger partial charge is 0.0870 e. The van der Waals surface area contributed by atoms with Crippen molar-refractivity contribution < 1.29 is 4.74 Å². The van der Waals surface area contributed by atoms with Gasteiger partial charge in [0.05, 0.1) is 12.9 Å². The number of ether oxygens (including phenoxy) is 1. The van der Waals surface area contributed by atoms with Gasteiger partial charge < -0.3 is 4.74 Å². The molecule has 92 valence electrons. The summed E-state index contributed by atoms with van der Waals surface area (Å²) in [5, 5.41) is 0. The summed E-state index contributed by atoms with van der Waals surface area (Å²) in [6.07, 6.45) is 5.03. The van der Waals surface area contributed by atoms with Crippen LogP contribution in [0.4, 0.5) is 0 Å². The molecule has 1 rings (SSSR count). The van der Waals surface area contributed by atoms with E-state index in [1.807, 2.05) is 6.26 Å². The molecule has 0 aromatic heterocycles. The van der Waals surface area contributed by atoms with Gasteiger partial charge in [0.1, 0.15) is 0 Å². The van der Waals surface area contributed by atoms with Crippen LogP contribution in [0.25, 0.3) is 11.1 Å². The zero-order valence-corrected chi connectivity index (χ0v) is 11.3. The van der Waals surface area contributed by atoms with E-state index in [0.717, 1.165) is 13.0 Å². The Morgan fingerprint density at radius 2 is 1.82 bits per heavy atom. The average molecular weight is 230 g/mol. The molecule has 0 aliphatic carbocycles. The van der Waals surface area contributed by atoms with Gasteiger partial charge in [0.25, 0.3) is 0 Å². The number of hydrogen-bond acceptors (Lipinski definition) is 1. The Hall–Kier alpha value is -1.50. The van der Waals surface area contributed by atoms with Gasteiger partial charge in [0.2, 0.25) is 0 Å². The lowest BCUT2D eigenvalue weighted by Crippen LogP contribution is -1.88. The highest BCUT2D eigenvalue weighted by atomic mass is 16.5. The molecule has 0 unspecified atom stereocenters. The fourth-order valence-corrected chi connectivity index (χ4v) is 1.55. The molecular weight excluding hydrogens is 208 g/mol. The van der Waals surface area contributed by atoms with Crippen molar-refractivity contribution in [3.8, 4) is 0 Å². The highest BCUT2D eigenvalue weighted by Crippen LogP contribution is 2.20. The van der Waals surface area contributed by atoms with Gasteiger partial charge in [-0.3, -0.25) is 0 Å². The van der Waals surface area contributed by atoms with Gasteiger partial charge in [0.15, 0.2) is 0 Å². The van der Waals surface area contributed by atoms with Gasteiger partial charge in [-0.1, -0.05) is 31.2 Å². The number of hydrogen-bond donors (Lipinski definition) is 0. The molecule has 1 heteroatoms. The van der Waals surface area contributed by atoms with E-state index in [1.54, 1.807) is 0 Å². The molecule has 0 amide bonds. The Kier molecular flexibility index (Phi) is 5.55. The van der Waals surface area contributed by atoms with Crippen LogP contribution in [0, 0.1) is 0 Å². The fraction of sp³-hybridized carbons (Fsp3) is 0.375. The van der Waals surface area contributed by atoms with E-state index in [4.69, 9.17) is 4.74 Å². The minimum atomic E-state index is 0.783. The van der Waals surface area contributed by atoms with Crippen LogP contribution in [0.2, 0.25) is 0 Å². The molecule has 0 radical (unpaired) electrons. The molecule has 1 aromatic carbocycles. The first-order chi connectivity index (χ1) is 8.19. The van der Waals surface area contributed by atoms with E-state index in [2.05, 4.69) is 58.0 Å². The molecule has 0 spiro atoms. The molecule has 0 bridgehead atoms. The molecule has 0 saturated heterocycles. The monoisotopic (exact) mass is 230 g/mol. The lowest BCUT2D eigenvalue weighted by Gasteiger charge is -2.06.